The van der Waals surface area contributed by atoms with Crippen LogP contribution in [0.1, 0.15) is 10.4 Å². The van der Waals surface area contributed by atoms with Crippen molar-refractivity contribution in [3.8, 4) is 22.8 Å². The van der Waals surface area contributed by atoms with Crippen LogP contribution in [0.3, 0.4) is 0 Å². The molecule has 5 heteroatoms. The minimum atomic E-state index is 0.682. The van der Waals surface area contributed by atoms with E-state index in [1.165, 1.54) is 0 Å². The summed E-state index contributed by atoms with van der Waals surface area (Å²) in [7, 11) is 3.24. The minimum Gasteiger partial charge on any atom is -0.493 e. The number of benzene rings is 2. The van der Waals surface area contributed by atoms with Gasteiger partial charge in [-0.1, -0.05) is 41.7 Å². The van der Waals surface area contributed by atoms with Gasteiger partial charge in [0.1, 0.15) is 0 Å². The maximum absolute atomic E-state index is 5.31. The number of hydrogen-bond acceptors (Lipinski definition) is 5. The summed E-state index contributed by atoms with van der Waals surface area (Å²) in [4.78, 5) is 10.3. The van der Waals surface area contributed by atoms with Crippen LogP contribution in [0.25, 0.3) is 11.3 Å². The number of rotatable bonds is 5. The van der Waals surface area contributed by atoms with Crippen molar-refractivity contribution in [3.63, 3.8) is 0 Å². The molecule has 0 aliphatic carbocycles. The monoisotopic (exact) mass is 338 g/mol. The molecule has 0 N–H and O–H groups in total. The Morgan fingerprint density at radius 3 is 2.46 bits per heavy atom. The van der Waals surface area contributed by atoms with Crippen LogP contribution >= 0.6 is 11.3 Å². The largest absolute Gasteiger partial charge is 0.493 e. The van der Waals surface area contributed by atoms with Gasteiger partial charge in [0, 0.05) is 16.7 Å². The van der Waals surface area contributed by atoms with E-state index in [0.717, 1.165) is 26.8 Å². The molecule has 24 heavy (non-hydrogen) atoms. The van der Waals surface area contributed by atoms with Crippen LogP contribution in [-0.4, -0.2) is 25.4 Å². The van der Waals surface area contributed by atoms with Gasteiger partial charge in [-0.2, -0.15) is 0 Å². The van der Waals surface area contributed by atoms with E-state index in [-0.39, 0.29) is 0 Å². The molecule has 4 nitrogen and oxygen atoms in total. The lowest BCUT2D eigenvalue weighted by molar-refractivity contribution is 0.355. The van der Waals surface area contributed by atoms with Crippen LogP contribution in [0, 0.1) is 6.92 Å². The van der Waals surface area contributed by atoms with Gasteiger partial charge in [-0.3, -0.25) is 0 Å². The second kappa shape index (κ2) is 7.27. The number of aromatic nitrogens is 1. The summed E-state index contributed by atoms with van der Waals surface area (Å²) in [6.45, 7) is 2.06. The molecule has 3 aromatic rings. The van der Waals surface area contributed by atoms with E-state index < -0.39 is 0 Å². The number of ether oxygens (including phenoxy) is 2. The quantitative estimate of drug-likeness (QED) is 0.622. The Labute approximate surface area is 145 Å². The van der Waals surface area contributed by atoms with Crippen LogP contribution < -0.4 is 9.47 Å². The Bertz CT molecular complexity index is 857. The van der Waals surface area contributed by atoms with Crippen molar-refractivity contribution >= 4 is 22.7 Å². The number of aliphatic imine (C=N–C) groups is 1. The average Bonchev–Trinajstić information content (AvgIpc) is 3.01. The maximum Gasteiger partial charge on any atom is 0.209 e. The Morgan fingerprint density at radius 2 is 1.75 bits per heavy atom. The van der Waals surface area contributed by atoms with Gasteiger partial charge >= 0.3 is 0 Å². The van der Waals surface area contributed by atoms with Crippen molar-refractivity contribution in [1.29, 1.82) is 0 Å². The number of thiazole rings is 1. The normalized spacial score (nSPS) is 11.0. The van der Waals surface area contributed by atoms with Gasteiger partial charge in [0.05, 0.1) is 19.9 Å². The molecule has 0 amide bonds. The van der Waals surface area contributed by atoms with E-state index in [1.54, 1.807) is 31.8 Å². The van der Waals surface area contributed by atoms with Gasteiger partial charge in [0.25, 0.3) is 0 Å². The van der Waals surface area contributed by atoms with Crippen molar-refractivity contribution in [2.24, 2.45) is 4.99 Å². The average molecular weight is 338 g/mol. The van der Waals surface area contributed by atoms with E-state index in [2.05, 4.69) is 29.0 Å². The third kappa shape index (κ3) is 3.46. The Morgan fingerprint density at radius 1 is 1.00 bits per heavy atom. The third-order valence-corrected chi connectivity index (χ3v) is 4.44. The fraction of sp³-hybridized carbons (Fsp3) is 0.158. The molecule has 0 aliphatic heterocycles. The molecule has 0 spiro atoms. The predicted octanol–water partition coefficient (Wildman–Crippen LogP) is 4.89. The lowest BCUT2D eigenvalue weighted by Crippen LogP contribution is -1.91. The van der Waals surface area contributed by atoms with Gasteiger partial charge in [-0.15, -0.1) is 0 Å². The molecule has 1 heterocycles. The van der Waals surface area contributed by atoms with Gasteiger partial charge in [0.15, 0.2) is 11.5 Å². The van der Waals surface area contributed by atoms with E-state index in [4.69, 9.17) is 9.47 Å². The first-order valence-corrected chi connectivity index (χ1v) is 8.32. The molecule has 122 valence electrons. The molecule has 0 aliphatic rings. The lowest BCUT2D eigenvalue weighted by Gasteiger charge is -2.07. The summed E-state index contributed by atoms with van der Waals surface area (Å²) >= 11 is 1.58. The summed E-state index contributed by atoms with van der Waals surface area (Å²) in [6, 6.07) is 15.8. The second-order valence-corrected chi connectivity index (χ2v) is 6.32. The van der Waals surface area contributed by atoms with E-state index >= 15 is 0 Å². The van der Waals surface area contributed by atoms with Crippen LogP contribution in [0.5, 0.6) is 11.5 Å². The number of hydrogen-bond donors (Lipinski definition) is 0. The minimum absolute atomic E-state index is 0.682. The molecule has 0 bridgehead atoms. The van der Waals surface area contributed by atoms with Crippen molar-refractivity contribution < 1.29 is 9.47 Å². The fourth-order valence-corrected chi connectivity index (χ4v) is 3.14. The Hall–Kier alpha value is -2.66. The molecule has 0 atom stereocenters. The maximum atomic E-state index is 5.31. The van der Waals surface area contributed by atoms with E-state index in [9.17, 15) is 0 Å². The van der Waals surface area contributed by atoms with Gasteiger partial charge in [-0.25, -0.2) is 9.98 Å². The van der Waals surface area contributed by atoms with Crippen LogP contribution in [0.15, 0.2) is 53.5 Å². The lowest BCUT2D eigenvalue weighted by atomic mass is 10.1. The first-order chi connectivity index (χ1) is 11.7. The summed E-state index contributed by atoms with van der Waals surface area (Å²) in [5, 5.41) is 0.737. The number of methoxy groups -OCH3 is 2. The van der Waals surface area contributed by atoms with Gasteiger partial charge in [0.2, 0.25) is 5.13 Å². The number of aryl methyl sites for hydroxylation is 1. The van der Waals surface area contributed by atoms with Crippen molar-refractivity contribution in [3.05, 3.63) is 59.0 Å². The highest BCUT2D eigenvalue weighted by atomic mass is 32.1. The first kappa shape index (κ1) is 16.2. The highest BCUT2D eigenvalue weighted by Crippen LogP contribution is 2.32. The zero-order valence-electron chi connectivity index (χ0n) is 13.8. The van der Waals surface area contributed by atoms with Crippen LogP contribution in [0.4, 0.5) is 5.13 Å². The SMILES string of the molecule is COc1ccc(/C=N/c2nc(-c3ccccc3)c(C)s2)cc1OC. The molecule has 0 radical (unpaired) electrons. The molecule has 1 aromatic heterocycles. The zero-order chi connectivity index (χ0) is 16.9. The molecule has 0 saturated carbocycles. The highest BCUT2D eigenvalue weighted by Gasteiger charge is 2.09. The molecule has 0 fully saturated rings. The molecular weight excluding hydrogens is 320 g/mol. The molecule has 2 aromatic carbocycles. The Balaban J connectivity index is 1.85. The summed E-state index contributed by atoms with van der Waals surface area (Å²) < 4.78 is 10.6. The van der Waals surface area contributed by atoms with Gasteiger partial charge < -0.3 is 9.47 Å². The van der Waals surface area contributed by atoms with Crippen LogP contribution in [-0.2, 0) is 0 Å². The smallest absolute Gasteiger partial charge is 0.209 e. The number of nitrogens with zero attached hydrogens (tertiary/aromatic N) is 2. The molecular formula is C19H18N2O2S. The summed E-state index contributed by atoms with van der Waals surface area (Å²) in [5.74, 6) is 1.38. The topological polar surface area (TPSA) is 43.7 Å². The van der Waals surface area contributed by atoms with Crippen molar-refractivity contribution in [2.75, 3.05) is 14.2 Å². The fourth-order valence-electron chi connectivity index (χ4n) is 2.36. The first-order valence-electron chi connectivity index (χ1n) is 7.50. The van der Waals surface area contributed by atoms with Crippen molar-refractivity contribution in [2.45, 2.75) is 6.92 Å². The highest BCUT2D eigenvalue weighted by molar-refractivity contribution is 7.15. The van der Waals surface area contributed by atoms with Gasteiger partial charge in [-0.05, 0) is 30.7 Å². The zero-order valence-corrected chi connectivity index (χ0v) is 14.6. The molecule has 0 saturated heterocycles. The Kier molecular flexibility index (Phi) is 4.91. The molecule has 3 rings (SSSR count). The molecule has 0 unspecified atom stereocenters. The second-order valence-electron chi connectivity index (χ2n) is 5.14. The predicted molar refractivity (Wildman–Crippen MR) is 99.1 cm³/mol. The van der Waals surface area contributed by atoms with E-state index in [1.807, 2.05) is 36.4 Å². The van der Waals surface area contributed by atoms with Crippen LogP contribution in [0.2, 0.25) is 0 Å². The summed E-state index contributed by atoms with van der Waals surface area (Å²) in [5.41, 5.74) is 3.03. The summed E-state index contributed by atoms with van der Waals surface area (Å²) in [6.07, 6.45) is 1.79. The van der Waals surface area contributed by atoms with E-state index in [0.29, 0.717) is 11.5 Å². The standard InChI is InChI=1S/C19H18N2O2S/c1-13-18(15-7-5-4-6-8-15)21-19(24-13)20-12-14-9-10-16(22-2)17(11-14)23-3/h4-12H,1-3H3/b20-12+. The third-order valence-electron chi connectivity index (χ3n) is 3.56. The van der Waals surface area contributed by atoms with Crippen molar-refractivity contribution in [1.82, 2.24) is 4.98 Å².